The molecule has 2 saturated heterocycles. The minimum absolute atomic E-state index is 0.0466. The molecule has 1 atom stereocenters. The highest BCUT2D eigenvalue weighted by molar-refractivity contribution is 5.94. The van der Waals surface area contributed by atoms with Gasteiger partial charge in [-0.15, -0.1) is 0 Å². The van der Waals surface area contributed by atoms with Crippen molar-refractivity contribution in [1.29, 1.82) is 0 Å². The molecule has 0 saturated carbocycles. The van der Waals surface area contributed by atoms with Gasteiger partial charge in [-0.05, 0) is 69.0 Å². The Hall–Kier alpha value is -2.24. The van der Waals surface area contributed by atoms with E-state index in [2.05, 4.69) is 27.3 Å². The van der Waals surface area contributed by atoms with Gasteiger partial charge in [0.15, 0.2) is 0 Å². The molecule has 28 heavy (non-hydrogen) atoms. The molecule has 148 valence electrons. The first-order valence-corrected chi connectivity index (χ1v) is 10.5. The van der Waals surface area contributed by atoms with Gasteiger partial charge in [0.1, 0.15) is 0 Å². The summed E-state index contributed by atoms with van der Waals surface area (Å²) in [5.74, 6) is -0.0466. The lowest BCUT2D eigenvalue weighted by atomic mass is 10.1. The van der Waals surface area contributed by atoms with Gasteiger partial charge in [-0.1, -0.05) is 18.2 Å². The normalized spacial score (nSPS) is 20.2. The van der Waals surface area contributed by atoms with E-state index in [1.165, 1.54) is 37.9 Å². The molecule has 2 aliphatic rings. The summed E-state index contributed by atoms with van der Waals surface area (Å²) in [7, 11) is 0. The van der Waals surface area contributed by atoms with E-state index in [9.17, 15) is 4.79 Å². The molecular weight excluding hydrogens is 350 g/mol. The molecule has 1 amide bonds. The number of amides is 1. The summed E-state index contributed by atoms with van der Waals surface area (Å²) in [6.07, 6.45) is 8.06. The Morgan fingerprint density at radius 2 is 1.89 bits per heavy atom. The molecule has 0 unspecified atom stereocenters. The monoisotopic (exact) mass is 379 g/mol. The fraction of sp³-hybridized carbons (Fsp3) is 0.478. The minimum atomic E-state index is -0.0466. The Morgan fingerprint density at radius 3 is 2.57 bits per heavy atom. The molecule has 0 bridgehead atoms. The molecule has 1 aromatic heterocycles. The van der Waals surface area contributed by atoms with E-state index in [0.717, 1.165) is 37.3 Å². The van der Waals surface area contributed by atoms with Crippen LogP contribution in [0.25, 0.3) is 11.3 Å². The van der Waals surface area contributed by atoms with Gasteiger partial charge < -0.3 is 10.1 Å². The molecule has 5 nitrogen and oxygen atoms in total. The molecule has 0 spiro atoms. The van der Waals surface area contributed by atoms with E-state index in [1.807, 2.05) is 30.5 Å². The molecule has 3 heterocycles. The molecule has 2 fully saturated rings. The van der Waals surface area contributed by atoms with Gasteiger partial charge in [-0.2, -0.15) is 0 Å². The van der Waals surface area contributed by atoms with Crippen molar-refractivity contribution < 1.29 is 9.53 Å². The molecule has 5 heteroatoms. The minimum Gasteiger partial charge on any atom is -0.376 e. The molecule has 1 aromatic carbocycles. The lowest BCUT2D eigenvalue weighted by molar-refractivity contribution is 0.0169. The van der Waals surface area contributed by atoms with Gasteiger partial charge in [-0.3, -0.25) is 14.7 Å². The third kappa shape index (κ3) is 4.97. The number of ether oxygens (including phenoxy) is 1. The zero-order chi connectivity index (χ0) is 19.2. The maximum absolute atomic E-state index is 12.4. The molecular formula is C23H29N3O2. The number of rotatable bonds is 6. The van der Waals surface area contributed by atoms with Crippen LogP contribution < -0.4 is 5.32 Å². The highest BCUT2D eigenvalue weighted by Crippen LogP contribution is 2.19. The fourth-order valence-electron chi connectivity index (χ4n) is 3.96. The Balaban J connectivity index is 1.32. The molecule has 4 rings (SSSR count). The second-order valence-electron chi connectivity index (χ2n) is 7.81. The topological polar surface area (TPSA) is 54.5 Å². The van der Waals surface area contributed by atoms with Crippen LogP contribution in [0.5, 0.6) is 0 Å². The van der Waals surface area contributed by atoms with Gasteiger partial charge in [0, 0.05) is 37.0 Å². The van der Waals surface area contributed by atoms with Crippen molar-refractivity contribution in [2.45, 2.75) is 44.8 Å². The number of hydrogen-bond donors (Lipinski definition) is 1. The zero-order valence-corrected chi connectivity index (χ0v) is 16.4. The van der Waals surface area contributed by atoms with Gasteiger partial charge >= 0.3 is 0 Å². The summed E-state index contributed by atoms with van der Waals surface area (Å²) < 4.78 is 5.67. The van der Waals surface area contributed by atoms with Crippen molar-refractivity contribution in [3.8, 4) is 11.3 Å². The zero-order valence-electron chi connectivity index (χ0n) is 16.4. The number of nitrogens with one attached hydrogen (secondary N) is 1. The Morgan fingerprint density at radius 1 is 1.07 bits per heavy atom. The highest BCUT2D eigenvalue weighted by atomic mass is 16.5. The Bertz CT molecular complexity index is 761. The van der Waals surface area contributed by atoms with Crippen LogP contribution in [0.1, 0.15) is 48.0 Å². The number of hydrogen-bond acceptors (Lipinski definition) is 4. The predicted octanol–water partition coefficient (Wildman–Crippen LogP) is 3.64. The Kier molecular flexibility index (Phi) is 6.34. The van der Waals surface area contributed by atoms with E-state index in [-0.39, 0.29) is 12.0 Å². The lowest BCUT2D eigenvalue weighted by Gasteiger charge is -2.22. The van der Waals surface area contributed by atoms with Crippen LogP contribution in [0.4, 0.5) is 0 Å². The van der Waals surface area contributed by atoms with E-state index in [0.29, 0.717) is 12.1 Å². The number of nitrogens with zero attached hydrogens (tertiary/aromatic N) is 2. The van der Waals surface area contributed by atoms with Crippen LogP contribution in [-0.2, 0) is 11.3 Å². The number of carbonyl (C=O) groups excluding carboxylic acids is 1. The van der Waals surface area contributed by atoms with Crippen LogP contribution >= 0.6 is 0 Å². The maximum Gasteiger partial charge on any atom is 0.251 e. The van der Waals surface area contributed by atoms with Gasteiger partial charge in [-0.25, -0.2) is 0 Å². The number of likely N-dealkylation sites (tertiary alicyclic amines) is 1. The van der Waals surface area contributed by atoms with Crippen LogP contribution in [0.2, 0.25) is 0 Å². The quantitative estimate of drug-likeness (QED) is 0.833. The third-order valence-corrected chi connectivity index (χ3v) is 5.64. The summed E-state index contributed by atoms with van der Waals surface area (Å²) >= 11 is 0. The first-order chi connectivity index (χ1) is 13.8. The predicted molar refractivity (Wildman–Crippen MR) is 110 cm³/mol. The second-order valence-corrected chi connectivity index (χ2v) is 7.81. The molecule has 2 aliphatic heterocycles. The van der Waals surface area contributed by atoms with Crippen molar-refractivity contribution in [3.05, 3.63) is 53.7 Å². The maximum atomic E-state index is 12.4. The number of pyridine rings is 1. The first kappa shape index (κ1) is 19.1. The summed E-state index contributed by atoms with van der Waals surface area (Å²) in [6, 6.07) is 11.9. The molecule has 1 N–H and O–H groups in total. The Labute approximate surface area is 167 Å². The second kappa shape index (κ2) is 9.30. The van der Waals surface area contributed by atoms with Gasteiger partial charge in [0.05, 0.1) is 11.8 Å². The number of benzene rings is 1. The van der Waals surface area contributed by atoms with Crippen LogP contribution in [0.15, 0.2) is 42.6 Å². The van der Waals surface area contributed by atoms with Crippen molar-refractivity contribution >= 4 is 5.91 Å². The third-order valence-electron chi connectivity index (χ3n) is 5.64. The molecule has 2 aromatic rings. The standard InChI is InChI=1S/C23H29N3O2/c27-23(25-16-21-5-1-4-14-28-21)20-9-7-19(8-10-20)22-11-6-18(15-24-22)17-26-12-2-3-13-26/h6-11,15,21H,1-5,12-14,16-17H2,(H,25,27)/t21-/m0/s1. The van der Waals surface area contributed by atoms with Crippen molar-refractivity contribution in [2.24, 2.45) is 0 Å². The summed E-state index contributed by atoms with van der Waals surface area (Å²) in [6.45, 7) is 4.76. The molecule has 0 radical (unpaired) electrons. The van der Waals surface area contributed by atoms with E-state index in [1.54, 1.807) is 0 Å². The summed E-state index contributed by atoms with van der Waals surface area (Å²) in [5, 5.41) is 2.99. The van der Waals surface area contributed by atoms with Crippen LogP contribution in [-0.4, -0.2) is 48.1 Å². The number of carbonyl (C=O) groups is 1. The smallest absolute Gasteiger partial charge is 0.251 e. The van der Waals surface area contributed by atoms with Crippen molar-refractivity contribution in [1.82, 2.24) is 15.2 Å². The first-order valence-electron chi connectivity index (χ1n) is 10.5. The SMILES string of the molecule is O=C(NC[C@@H]1CCCCO1)c1ccc(-c2ccc(CN3CCCC3)cn2)cc1. The van der Waals surface area contributed by atoms with Gasteiger partial charge in [0.25, 0.3) is 5.91 Å². The molecule has 0 aliphatic carbocycles. The van der Waals surface area contributed by atoms with Gasteiger partial charge in [0.2, 0.25) is 0 Å². The van der Waals surface area contributed by atoms with Crippen LogP contribution in [0, 0.1) is 0 Å². The number of aromatic nitrogens is 1. The van der Waals surface area contributed by atoms with E-state index in [4.69, 9.17) is 4.74 Å². The van der Waals surface area contributed by atoms with E-state index >= 15 is 0 Å². The van der Waals surface area contributed by atoms with Crippen LogP contribution in [0.3, 0.4) is 0 Å². The largest absolute Gasteiger partial charge is 0.376 e. The summed E-state index contributed by atoms with van der Waals surface area (Å²) in [4.78, 5) is 19.5. The average Bonchev–Trinajstić information content (AvgIpc) is 3.26. The lowest BCUT2D eigenvalue weighted by Crippen LogP contribution is -2.35. The van der Waals surface area contributed by atoms with Crippen molar-refractivity contribution in [2.75, 3.05) is 26.2 Å². The fourth-order valence-corrected chi connectivity index (χ4v) is 3.96. The highest BCUT2D eigenvalue weighted by Gasteiger charge is 2.15. The average molecular weight is 380 g/mol. The van der Waals surface area contributed by atoms with E-state index < -0.39 is 0 Å². The van der Waals surface area contributed by atoms with Crippen molar-refractivity contribution in [3.63, 3.8) is 0 Å². The summed E-state index contributed by atoms with van der Waals surface area (Å²) in [5.41, 5.74) is 3.89.